The summed E-state index contributed by atoms with van der Waals surface area (Å²) in [5.74, 6) is -0.0156. The maximum absolute atomic E-state index is 12.1. The van der Waals surface area contributed by atoms with Gasteiger partial charge >= 0.3 is 0 Å². The number of piperazine rings is 1. The third-order valence-electron chi connectivity index (χ3n) is 3.29. The standard InChI is InChI=1S/C11H20N2O2/c1-5-8(3)13-7-9(14)12-11(4,6-2)10(13)15/h8H,5-7H2,1-4H3,(H,12,14). The highest BCUT2D eigenvalue weighted by molar-refractivity contribution is 5.97. The van der Waals surface area contributed by atoms with Gasteiger partial charge in [0.05, 0.1) is 6.54 Å². The van der Waals surface area contributed by atoms with E-state index in [1.807, 2.05) is 20.8 Å². The molecule has 1 N–H and O–H groups in total. The zero-order chi connectivity index (χ0) is 11.6. The number of hydrogen-bond acceptors (Lipinski definition) is 2. The zero-order valence-corrected chi connectivity index (χ0v) is 9.96. The van der Waals surface area contributed by atoms with E-state index < -0.39 is 5.54 Å². The molecular formula is C11H20N2O2. The number of carbonyl (C=O) groups is 2. The van der Waals surface area contributed by atoms with Gasteiger partial charge in [-0.25, -0.2) is 0 Å². The zero-order valence-electron chi connectivity index (χ0n) is 9.96. The highest BCUT2D eigenvalue weighted by Gasteiger charge is 2.42. The lowest BCUT2D eigenvalue weighted by atomic mass is 9.93. The minimum atomic E-state index is -0.710. The molecule has 1 rings (SSSR count). The molecule has 1 saturated heterocycles. The Balaban J connectivity index is 2.91. The van der Waals surface area contributed by atoms with Crippen molar-refractivity contribution in [3.05, 3.63) is 0 Å². The molecule has 0 saturated carbocycles. The van der Waals surface area contributed by atoms with Gasteiger partial charge < -0.3 is 10.2 Å². The van der Waals surface area contributed by atoms with Crippen molar-refractivity contribution < 1.29 is 9.59 Å². The molecule has 4 heteroatoms. The Bertz CT molecular complexity index is 278. The van der Waals surface area contributed by atoms with Crippen molar-refractivity contribution in [2.75, 3.05) is 6.54 Å². The van der Waals surface area contributed by atoms with E-state index in [1.54, 1.807) is 11.8 Å². The van der Waals surface area contributed by atoms with E-state index in [0.717, 1.165) is 6.42 Å². The highest BCUT2D eigenvalue weighted by Crippen LogP contribution is 2.20. The summed E-state index contributed by atoms with van der Waals surface area (Å²) in [7, 11) is 0. The molecule has 1 aliphatic heterocycles. The van der Waals surface area contributed by atoms with Gasteiger partial charge in [0.15, 0.2) is 0 Å². The molecule has 0 radical (unpaired) electrons. The second-order valence-corrected chi connectivity index (χ2v) is 4.42. The molecule has 86 valence electrons. The number of carbonyl (C=O) groups excluding carboxylic acids is 2. The Morgan fingerprint density at radius 2 is 2.07 bits per heavy atom. The van der Waals surface area contributed by atoms with E-state index >= 15 is 0 Å². The topological polar surface area (TPSA) is 49.4 Å². The van der Waals surface area contributed by atoms with E-state index in [-0.39, 0.29) is 24.4 Å². The molecule has 1 aliphatic rings. The lowest BCUT2D eigenvalue weighted by Gasteiger charge is -2.41. The molecule has 0 aromatic rings. The van der Waals surface area contributed by atoms with E-state index in [4.69, 9.17) is 0 Å². The summed E-state index contributed by atoms with van der Waals surface area (Å²) in [6, 6.07) is 0.134. The van der Waals surface area contributed by atoms with E-state index in [9.17, 15) is 9.59 Å². The molecule has 1 heterocycles. The summed E-state index contributed by atoms with van der Waals surface area (Å²) in [5.41, 5.74) is -0.710. The summed E-state index contributed by atoms with van der Waals surface area (Å²) in [5, 5.41) is 2.77. The molecule has 0 bridgehead atoms. The smallest absolute Gasteiger partial charge is 0.248 e. The van der Waals surface area contributed by atoms with Crippen LogP contribution in [0.3, 0.4) is 0 Å². The Hall–Kier alpha value is -1.06. The van der Waals surface area contributed by atoms with Crippen molar-refractivity contribution in [1.82, 2.24) is 10.2 Å². The number of nitrogens with zero attached hydrogens (tertiary/aromatic N) is 1. The molecule has 2 atom stereocenters. The van der Waals surface area contributed by atoms with Gasteiger partial charge in [0.25, 0.3) is 0 Å². The quantitative estimate of drug-likeness (QED) is 0.756. The molecular weight excluding hydrogens is 192 g/mol. The fourth-order valence-corrected chi connectivity index (χ4v) is 1.76. The van der Waals surface area contributed by atoms with Crippen LogP contribution in [0.25, 0.3) is 0 Å². The summed E-state index contributed by atoms with van der Waals surface area (Å²) < 4.78 is 0. The molecule has 4 nitrogen and oxygen atoms in total. The first-order valence-corrected chi connectivity index (χ1v) is 5.56. The maximum atomic E-state index is 12.1. The fraction of sp³-hybridized carbons (Fsp3) is 0.818. The number of nitrogens with one attached hydrogen (secondary N) is 1. The predicted octanol–water partition coefficient (Wildman–Crippen LogP) is 0.912. The van der Waals surface area contributed by atoms with Gasteiger partial charge in [-0.2, -0.15) is 0 Å². The van der Waals surface area contributed by atoms with Gasteiger partial charge in [-0.05, 0) is 26.7 Å². The Morgan fingerprint density at radius 3 is 2.53 bits per heavy atom. The van der Waals surface area contributed by atoms with Crippen molar-refractivity contribution >= 4 is 11.8 Å². The van der Waals surface area contributed by atoms with Crippen molar-refractivity contribution in [1.29, 1.82) is 0 Å². The minimum absolute atomic E-state index is 0.0407. The number of rotatable bonds is 3. The first-order valence-electron chi connectivity index (χ1n) is 5.56. The van der Waals surface area contributed by atoms with Gasteiger partial charge in [0.2, 0.25) is 11.8 Å². The average molecular weight is 212 g/mol. The van der Waals surface area contributed by atoms with Crippen LogP contribution in [0.2, 0.25) is 0 Å². The summed E-state index contributed by atoms with van der Waals surface area (Å²) in [6.45, 7) is 7.91. The highest BCUT2D eigenvalue weighted by atomic mass is 16.2. The fourth-order valence-electron chi connectivity index (χ4n) is 1.76. The van der Waals surface area contributed by atoms with Crippen LogP contribution in [0.4, 0.5) is 0 Å². The summed E-state index contributed by atoms with van der Waals surface area (Å²) in [6.07, 6.45) is 1.50. The second-order valence-electron chi connectivity index (χ2n) is 4.42. The average Bonchev–Trinajstić information content (AvgIpc) is 2.22. The van der Waals surface area contributed by atoms with Crippen molar-refractivity contribution in [2.24, 2.45) is 0 Å². The number of hydrogen-bond donors (Lipinski definition) is 1. The lowest BCUT2D eigenvalue weighted by Crippen LogP contribution is -2.66. The molecule has 2 unspecified atom stereocenters. The van der Waals surface area contributed by atoms with E-state index in [0.29, 0.717) is 6.42 Å². The number of amides is 2. The van der Waals surface area contributed by atoms with Gasteiger partial charge in [0.1, 0.15) is 5.54 Å². The SMILES string of the molecule is CCC(C)N1CC(=O)NC(C)(CC)C1=O. The van der Waals surface area contributed by atoms with Gasteiger partial charge in [-0.15, -0.1) is 0 Å². The molecule has 0 aliphatic carbocycles. The van der Waals surface area contributed by atoms with Crippen LogP contribution in [0.5, 0.6) is 0 Å². The lowest BCUT2D eigenvalue weighted by molar-refractivity contribution is -0.151. The Kier molecular flexibility index (Phi) is 3.37. The van der Waals surface area contributed by atoms with Crippen LogP contribution >= 0.6 is 0 Å². The summed E-state index contributed by atoms with van der Waals surface area (Å²) >= 11 is 0. The largest absolute Gasteiger partial charge is 0.340 e. The van der Waals surface area contributed by atoms with Crippen LogP contribution in [0.15, 0.2) is 0 Å². The molecule has 15 heavy (non-hydrogen) atoms. The second kappa shape index (κ2) is 4.21. The van der Waals surface area contributed by atoms with Crippen molar-refractivity contribution in [2.45, 2.75) is 52.1 Å². The molecule has 1 fully saturated rings. The van der Waals surface area contributed by atoms with Crippen LogP contribution in [-0.2, 0) is 9.59 Å². The van der Waals surface area contributed by atoms with Crippen LogP contribution < -0.4 is 5.32 Å². The third kappa shape index (κ3) is 2.13. The van der Waals surface area contributed by atoms with E-state index in [2.05, 4.69) is 5.32 Å². The predicted molar refractivity (Wildman–Crippen MR) is 58.3 cm³/mol. The molecule has 2 amide bonds. The molecule has 0 aromatic carbocycles. The molecule has 0 spiro atoms. The van der Waals surface area contributed by atoms with Crippen molar-refractivity contribution in [3.8, 4) is 0 Å². The third-order valence-corrected chi connectivity index (χ3v) is 3.29. The van der Waals surface area contributed by atoms with E-state index in [1.165, 1.54) is 0 Å². The monoisotopic (exact) mass is 212 g/mol. The Morgan fingerprint density at radius 1 is 1.47 bits per heavy atom. The normalized spacial score (nSPS) is 28.9. The van der Waals surface area contributed by atoms with Gasteiger partial charge in [-0.3, -0.25) is 9.59 Å². The Labute approximate surface area is 91.0 Å². The van der Waals surface area contributed by atoms with Crippen molar-refractivity contribution in [3.63, 3.8) is 0 Å². The van der Waals surface area contributed by atoms with Gasteiger partial charge in [0, 0.05) is 6.04 Å². The maximum Gasteiger partial charge on any atom is 0.248 e. The first-order chi connectivity index (χ1) is 6.94. The van der Waals surface area contributed by atoms with Gasteiger partial charge in [-0.1, -0.05) is 13.8 Å². The summed E-state index contributed by atoms with van der Waals surface area (Å²) in [4.78, 5) is 25.3. The molecule has 0 aromatic heterocycles. The van der Waals surface area contributed by atoms with Crippen LogP contribution in [0.1, 0.15) is 40.5 Å². The minimum Gasteiger partial charge on any atom is -0.340 e. The van der Waals surface area contributed by atoms with Crippen LogP contribution in [0, 0.1) is 0 Å². The first kappa shape index (κ1) is 12.0. The van der Waals surface area contributed by atoms with Crippen LogP contribution in [-0.4, -0.2) is 34.8 Å².